The second kappa shape index (κ2) is 10.6. The van der Waals surface area contributed by atoms with Gasteiger partial charge in [0, 0.05) is 48.7 Å². The number of piperidine rings is 1. The number of carbonyl (C=O) groups is 2. The van der Waals surface area contributed by atoms with Crippen LogP contribution in [-0.2, 0) is 11.0 Å². The topological polar surface area (TPSA) is 122 Å². The number of alkyl halides is 3. The Bertz CT molecular complexity index is 1700. The summed E-state index contributed by atoms with van der Waals surface area (Å²) >= 11 is 0. The fourth-order valence-electron chi connectivity index (χ4n) is 5.86. The van der Waals surface area contributed by atoms with E-state index in [9.17, 15) is 22.8 Å². The maximum atomic E-state index is 13.4. The van der Waals surface area contributed by atoms with Gasteiger partial charge in [-0.3, -0.25) is 18.9 Å². The lowest BCUT2D eigenvalue weighted by Gasteiger charge is -2.36. The number of hydrogen-bond donors (Lipinski definition) is 2. The molecule has 224 valence electrons. The predicted molar refractivity (Wildman–Crippen MR) is 154 cm³/mol. The summed E-state index contributed by atoms with van der Waals surface area (Å²) < 4.78 is 41.1. The number of fused-ring (bicyclic) bond motifs is 1. The molecule has 0 radical (unpaired) electrons. The second-order valence-electron chi connectivity index (χ2n) is 11.3. The highest BCUT2D eigenvalue weighted by Gasteiger charge is 2.54. The van der Waals surface area contributed by atoms with Gasteiger partial charge in [-0.15, -0.1) is 0 Å². The second-order valence-corrected chi connectivity index (χ2v) is 11.3. The first-order valence-electron chi connectivity index (χ1n) is 14.0. The number of imidazole rings is 1. The number of halogens is 3. The molecule has 1 atom stereocenters. The number of rotatable bonds is 6. The van der Waals surface area contributed by atoms with Gasteiger partial charge in [-0.1, -0.05) is 12.1 Å². The first-order chi connectivity index (χ1) is 20.5. The third-order valence-corrected chi connectivity index (χ3v) is 8.41. The first kappa shape index (κ1) is 28.6. The number of benzene rings is 1. The minimum Gasteiger partial charge on any atom is -0.382 e. The van der Waals surface area contributed by atoms with Crippen molar-refractivity contribution < 1.29 is 22.8 Å². The SMILES string of the molecule is CN(C)C1(C(=O)N2CCC[C@@H](c3nc(-c4ccc(C(=O)Nc5cc(C(F)(F)F)ccn5)cc4)c4c(N)nccn34)C2)CC1. The Labute approximate surface area is 245 Å². The van der Waals surface area contributed by atoms with Gasteiger partial charge in [0.2, 0.25) is 5.91 Å². The van der Waals surface area contributed by atoms with E-state index in [1.807, 2.05) is 34.5 Å². The monoisotopic (exact) mass is 592 g/mol. The van der Waals surface area contributed by atoms with Crippen LogP contribution in [0.25, 0.3) is 16.8 Å². The molecule has 13 heteroatoms. The molecule has 1 aromatic carbocycles. The normalized spacial score (nSPS) is 18.2. The van der Waals surface area contributed by atoms with Crippen LogP contribution in [0.1, 0.15) is 53.3 Å². The Kier molecular flexibility index (Phi) is 7.07. The number of pyridine rings is 1. The van der Waals surface area contributed by atoms with Gasteiger partial charge in [-0.25, -0.2) is 15.0 Å². The number of nitrogens with zero attached hydrogens (tertiary/aromatic N) is 6. The van der Waals surface area contributed by atoms with Crippen LogP contribution in [0, 0.1) is 0 Å². The summed E-state index contributed by atoms with van der Waals surface area (Å²) in [7, 11) is 3.90. The van der Waals surface area contributed by atoms with Gasteiger partial charge >= 0.3 is 6.18 Å². The Balaban J connectivity index is 1.26. The zero-order chi connectivity index (χ0) is 30.5. The van der Waals surface area contributed by atoms with E-state index in [0.29, 0.717) is 35.7 Å². The molecule has 1 aliphatic heterocycles. The smallest absolute Gasteiger partial charge is 0.382 e. The summed E-state index contributed by atoms with van der Waals surface area (Å²) in [5.41, 5.74) is 7.14. The van der Waals surface area contributed by atoms with Crippen molar-refractivity contribution in [2.75, 3.05) is 38.2 Å². The van der Waals surface area contributed by atoms with Crippen LogP contribution < -0.4 is 11.1 Å². The van der Waals surface area contributed by atoms with Crippen molar-refractivity contribution in [1.29, 1.82) is 0 Å². The average molecular weight is 593 g/mol. The van der Waals surface area contributed by atoms with E-state index < -0.39 is 23.2 Å². The van der Waals surface area contributed by atoms with Gasteiger partial charge < -0.3 is 16.0 Å². The predicted octanol–water partition coefficient (Wildman–Crippen LogP) is 4.44. The Morgan fingerprint density at radius 1 is 1.09 bits per heavy atom. The summed E-state index contributed by atoms with van der Waals surface area (Å²) in [6.45, 7) is 1.27. The summed E-state index contributed by atoms with van der Waals surface area (Å²) in [4.78, 5) is 43.3. The number of likely N-dealkylation sites (N-methyl/N-ethyl adjacent to an activating group) is 1. The van der Waals surface area contributed by atoms with Crippen LogP contribution in [0.5, 0.6) is 0 Å². The molecule has 1 aliphatic carbocycles. The lowest BCUT2D eigenvalue weighted by molar-refractivity contribution is -0.139. The summed E-state index contributed by atoms with van der Waals surface area (Å²) in [5, 5.41) is 2.42. The number of amides is 2. The number of anilines is 2. The van der Waals surface area contributed by atoms with Crippen molar-refractivity contribution in [3.05, 3.63) is 71.9 Å². The van der Waals surface area contributed by atoms with E-state index in [2.05, 4.69) is 15.3 Å². The number of aromatic nitrogens is 4. The van der Waals surface area contributed by atoms with Crippen LogP contribution in [0.15, 0.2) is 55.0 Å². The molecule has 6 rings (SSSR count). The largest absolute Gasteiger partial charge is 0.416 e. The van der Waals surface area contributed by atoms with E-state index in [-0.39, 0.29) is 23.2 Å². The molecule has 2 fully saturated rings. The van der Waals surface area contributed by atoms with Crippen LogP contribution in [0.3, 0.4) is 0 Å². The molecule has 3 aromatic heterocycles. The Morgan fingerprint density at radius 3 is 2.51 bits per heavy atom. The van der Waals surface area contributed by atoms with Crippen molar-refractivity contribution in [1.82, 2.24) is 29.2 Å². The molecule has 2 amide bonds. The van der Waals surface area contributed by atoms with Gasteiger partial charge in [0.05, 0.1) is 5.56 Å². The number of carbonyl (C=O) groups excluding carboxylic acids is 2. The van der Waals surface area contributed by atoms with Crippen molar-refractivity contribution in [2.24, 2.45) is 0 Å². The van der Waals surface area contributed by atoms with Gasteiger partial charge in [-0.05, 0) is 64.0 Å². The quantitative estimate of drug-likeness (QED) is 0.339. The first-order valence-corrected chi connectivity index (χ1v) is 14.0. The lowest BCUT2D eigenvalue weighted by Crippen LogP contribution is -2.50. The highest BCUT2D eigenvalue weighted by atomic mass is 19.4. The van der Waals surface area contributed by atoms with Crippen LogP contribution in [0.4, 0.5) is 24.8 Å². The van der Waals surface area contributed by atoms with Crippen molar-refractivity contribution in [2.45, 2.75) is 43.3 Å². The summed E-state index contributed by atoms with van der Waals surface area (Å²) in [6.07, 6.45) is 3.32. The summed E-state index contributed by atoms with van der Waals surface area (Å²) in [5.74, 6) is 0.423. The maximum Gasteiger partial charge on any atom is 0.416 e. The molecule has 4 aromatic rings. The zero-order valence-corrected chi connectivity index (χ0v) is 23.7. The molecule has 0 unspecified atom stereocenters. The highest BCUT2D eigenvalue weighted by molar-refractivity contribution is 6.04. The third-order valence-electron chi connectivity index (χ3n) is 8.41. The molecule has 3 N–H and O–H groups in total. The number of nitrogen functional groups attached to an aromatic ring is 1. The van der Waals surface area contributed by atoms with E-state index in [0.717, 1.165) is 49.8 Å². The summed E-state index contributed by atoms with van der Waals surface area (Å²) in [6, 6.07) is 8.16. The van der Waals surface area contributed by atoms with E-state index >= 15 is 0 Å². The molecular formula is C30H31F3N8O2. The van der Waals surface area contributed by atoms with Crippen LogP contribution in [0.2, 0.25) is 0 Å². The van der Waals surface area contributed by atoms with E-state index in [1.54, 1.807) is 30.5 Å². The van der Waals surface area contributed by atoms with Crippen molar-refractivity contribution in [3.8, 4) is 11.3 Å². The molecule has 0 spiro atoms. The maximum absolute atomic E-state index is 13.4. The molecule has 1 saturated carbocycles. The van der Waals surface area contributed by atoms with E-state index in [1.165, 1.54) is 0 Å². The average Bonchev–Trinajstić information content (AvgIpc) is 3.72. The molecule has 10 nitrogen and oxygen atoms in total. The number of nitrogens with two attached hydrogens (primary N) is 1. The lowest BCUT2D eigenvalue weighted by atomic mass is 9.96. The minimum absolute atomic E-state index is 0.0104. The molecule has 2 aliphatic rings. The number of likely N-dealkylation sites (tertiary alicyclic amines) is 1. The molecule has 43 heavy (non-hydrogen) atoms. The van der Waals surface area contributed by atoms with E-state index in [4.69, 9.17) is 10.7 Å². The third kappa shape index (κ3) is 5.29. The van der Waals surface area contributed by atoms with Gasteiger partial charge in [0.1, 0.15) is 34.2 Å². The zero-order valence-electron chi connectivity index (χ0n) is 23.7. The fourth-order valence-corrected chi connectivity index (χ4v) is 5.86. The molecule has 1 saturated heterocycles. The van der Waals surface area contributed by atoms with Crippen molar-refractivity contribution >= 4 is 29.0 Å². The number of hydrogen-bond acceptors (Lipinski definition) is 7. The van der Waals surface area contributed by atoms with Crippen LogP contribution >= 0.6 is 0 Å². The standard InChI is InChI=1S/C30H31F3N8O2/c1-39(2)29(10-11-29)28(43)40-14-3-4-20(17-40)26-38-23(24-25(34)36-13-15-41(24)26)18-5-7-19(8-6-18)27(42)37-22-16-21(9-12-35-22)30(31,32)33/h5-9,12-13,15-16,20H,3-4,10-11,14,17H2,1-2H3,(H2,34,36)(H,35,37,42)/t20-/m1/s1. The fraction of sp³-hybridized carbons (Fsp3) is 0.367. The Morgan fingerprint density at radius 2 is 1.84 bits per heavy atom. The molecule has 0 bridgehead atoms. The van der Waals surface area contributed by atoms with Gasteiger partial charge in [0.15, 0.2) is 0 Å². The highest BCUT2D eigenvalue weighted by Crippen LogP contribution is 2.43. The number of nitrogens with one attached hydrogen (secondary N) is 1. The van der Waals surface area contributed by atoms with Gasteiger partial charge in [-0.2, -0.15) is 13.2 Å². The molecule has 4 heterocycles. The molecular weight excluding hydrogens is 561 g/mol. The Hall–Kier alpha value is -4.52. The van der Waals surface area contributed by atoms with Crippen molar-refractivity contribution in [3.63, 3.8) is 0 Å². The minimum atomic E-state index is -4.55. The van der Waals surface area contributed by atoms with Gasteiger partial charge in [0.25, 0.3) is 5.91 Å². The van der Waals surface area contributed by atoms with Crippen LogP contribution in [-0.4, -0.2) is 73.7 Å².